The number of methoxy groups -OCH3 is 3. The molecule has 0 aliphatic rings. The zero-order valence-electron chi connectivity index (χ0n) is 19.2. The molecule has 3 rings (SSSR count). The molecule has 1 N–H and O–H groups in total. The lowest BCUT2D eigenvalue weighted by atomic mass is 10.1. The number of alkyl halides is 3. The highest BCUT2D eigenvalue weighted by molar-refractivity contribution is 6.07. The first-order valence-corrected chi connectivity index (χ1v) is 10.0. The molecule has 0 saturated carbocycles. The Balaban J connectivity index is 2.02. The highest BCUT2D eigenvalue weighted by Crippen LogP contribution is 2.40. The number of carbonyl (C=O) groups excluding carboxylic acids is 2. The van der Waals surface area contributed by atoms with Crippen molar-refractivity contribution in [3.8, 4) is 28.7 Å². The zero-order chi connectivity index (χ0) is 27.3. The highest BCUT2D eigenvalue weighted by Gasteiger charge is 2.32. The SMILES string of the molecule is COC(=O)c1cc(NC(=O)c2c(Oc3ccc(OC(F)(F)F)cc3OC)cc(OC)c(F)c2F)ccn1. The number of nitrogens with one attached hydrogen (secondary N) is 1. The van der Waals surface area contributed by atoms with Gasteiger partial charge < -0.3 is 29.0 Å². The Bertz CT molecular complexity index is 1330. The molecule has 14 heteroatoms. The average Bonchev–Trinajstić information content (AvgIpc) is 2.85. The van der Waals surface area contributed by atoms with Crippen LogP contribution in [0.25, 0.3) is 0 Å². The van der Waals surface area contributed by atoms with E-state index >= 15 is 4.39 Å². The summed E-state index contributed by atoms with van der Waals surface area (Å²) in [5.74, 6) is -7.56. The molecular weight excluding hydrogens is 511 g/mol. The second-order valence-corrected chi connectivity index (χ2v) is 6.92. The van der Waals surface area contributed by atoms with Gasteiger partial charge in [-0.15, -0.1) is 13.2 Å². The lowest BCUT2D eigenvalue weighted by Crippen LogP contribution is -2.17. The van der Waals surface area contributed by atoms with Crippen molar-refractivity contribution in [1.29, 1.82) is 0 Å². The van der Waals surface area contributed by atoms with Crippen LogP contribution in [0.4, 0.5) is 27.6 Å². The molecule has 0 spiro atoms. The molecule has 0 aliphatic heterocycles. The number of esters is 1. The largest absolute Gasteiger partial charge is 0.573 e. The Morgan fingerprint density at radius 3 is 2.19 bits per heavy atom. The predicted octanol–water partition coefficient (Wildman–Crippen LogP) is 5.11. The molecule has 3 aromatic rings. The second kappa shape index (κ2) is 11.0. The van der Waals surface area contributed by atoms with Crippen LogP contribution in [0.3, 0.4) is 0 Å². The molecule has 37 heavy (non-hydrogen) atoms. The fraction of sp³-hybridized carbons (Fsp3) is 0.174. The summed E-state index contributed by atoms with van der Waals surface area (Å²) in [5.41, 5.74) is -1.12. The van der Waals surface area contributed by atoms with Crippen LogP contribution in [0.2, 0.25) is 0 Å². The monoisotopic (exact) mass is 528 g/mol. The van der Waals surface area contributed by atoms with Gasteiger partial charge in [0.15, 0.2) is 23.1 Å². The fourth-order valence-electron chi connectivity index (χ4n) is 2.99. The number of aromatic nitrogens is 1. The number of hydrogen-bond acceptors (Lipinski definition) is 8. The fourth-order valence-corrected chi connectivity index (χ4v) is 2.99. The summed E-state index contributed by atoms with van der Waals surface area (Å²) in [4.78, 5) is 28.4. The third-order valence-corrected chi connectivity index (χ3v) is 4.59. The first-order valence-electron chi connectivity index (χ1n) is 10.0. The molecule has 2 aromatic carbocycles. The summed E-state index contributed by atoms with van der Waals surface area (Å²) in [7, 11) is 3.27. The van der Waals surface area contributed by atoms with Gasteiger partial charge in [-0.25, -0.2) is 14.2 Å². The molecule has 196 valence electrons. The number of benzene rings is 2. The molecule has 0 bridgehead atoms. The summed E-state index contributed by atoms with van der Waals surface area (Å²) in [6.45, 7) is 0. The van der Waals surface area contributed by atoms with Gasteiger partial charge >= 0.3 is 12.3 Å². The topological polar surface area (TPSA) is 105 Å². The molecule has 0 saturated heterocycles. The van der Waals surface area contributed by atoms with Crippen LogP contribution in [0.5, 0.6) is 28.7 Å². The van der Waals surface area contributed by atoms with Gasteiger partial charge in [0, 0.05) is 24.0 Å². The lowest BCUT2D eigenvalue weighted by molar-refractivity contribution is -0.274. The van der Waals surface area contributed by atoms with Gasteiger partial charge in [-0.1, -0.05) is 0 Å². The standard InChI is InChI=1S/C23H17F5N2O7/c1-33-15-9-12(37-23(26,27)28)4-5-14(15)36-16-10-17(34-2)19(24)20(25)18(16)21(31)30-11-6-7-29-13(8-11)22(32)35-3/h4-10H,1-3H3,(H,29,30,31). The summed E-state index contributed by atoms with van der Waals surface area (Å²) in [5, 5.41) is 2.28. The Morgan fingerprint density at radius 2 is 1.57 bits per heavy atom. The number of hydrogen-bond donors (Lipinski definition) is 1. The van der Waals surface area contributed by atoms with E-state index in [-0.39, 0.29) is 22.9 Å². The maximum Gasteiger partial charge on any atom is 0.573 e. The van der Waals surface area contributed by atoms with Crippen LogP contribution >= 0.6 is 0 Å². The first kappa shape index (κ1) is 27.0. The minimum absolute atomic E-state index is 0.0202. The van der Waals surface area contributed by atoms with E-state index in [4.69, 9.17) is 14.2 Å². The van der Waals surface area contributed by atoms with Gasteiger partial charge in [0.1, 0.15) is 22.8 Å². The minimum atomic E-state index is -4.98. The van der Waals surface area contributed by atoms with E-state index in [1.165, 1.54) is 12.3 Å². The molecule has 0 unspecified atom stereocenters. The zero-order valence-corrected chi connectivity index (χ0v) is 19.2. The molecule has 9 nitrogen and oxygen atoms in total. The minimum Gasteiger partial charge on any atom is -0.493 e. The quantitative estimate of drug-likeness (QED) is 0.318. The Labute approximate surface area is 205 Å². The summed E-state index contributed by atoms with van der Waals surface area (Å²) >= 11 is 0. The molecule has 1 heterocycles. The van der Waals surface area contributed by atoms with Crippen LogP contribution in [0.15, 0.2) is 42.6 Å². The maximum atomic E-state index is 15.0. The van der Waals surface area contributed by atoms with Crippen molar-refractivity contribution in [2.24, 2.45) is 0 Å². The van der Waals surface area contributed by atoms with Crippen LogP contribution in [-0.4, -0.2) is 44.6 Å². The van der Waals surface area contributed by atoms with Gasteiger partial charge in [0.25, 0.3) is 5.91 Å². The third-order valence-electron chi connectivity index (χ3n) is 4.59. The second-order valence-electron chi connectivity index (χ2n) is 6.92. The van der Waals surface area contributed by atoms with Gasteiger partial charge in [0.05, 0.1) is 21.3 Å². The average molecular weight is 528 g/mol. The van der Waals surface area contributed by atoms with Crippen molar-refractivity contribution >= 4 is 17.6 Å². The number of halogens is 5. The lowest BCUT2D eigenvalue weighted by Gasteiger charge is -2.17. The number of anilines is 1. The molecule has 0 fully saturated rings. The van der Waals surface area contributed by atoms with Crippen molar-refractivity contribution in [2.45, 2.75) is 6.36 Å². The van der Waals surface area contributed by atoms with Crippen molar-refractivity contribution in [2.75, 3.05) is 26.6 Å². The number of rotatable bonds is 8. The van der Waals surface area contributed by atoms with E-state index < -0.39 is 52.7 Å². The van der Waals surface area contributed by atoms with Gasteiger partial charge in [-0.2, -0.15) is 4.39 Å². The van der Waals surface area contributed by atoms with Gasteiger partial charge in [-0.05, 0) is 24.3 Å². The maximum absolute atomic E-state index is 15.0. The molecule has 1 aromatic heterocycles. The molecule has 0 atom stereocenters. The van der Waals surface area contributed by atoms with Gasteiger partial charge in [-0.3, -0.25) is 4.79 Å². The Kier molecular flexibility index (Phi) is 8.00. The Morgan fingerprint density at radius 1 is 0.865 bits per heavy atom. The van der Waals surface area contributed by atoms with E-state index in [1.807, 2.05) is 0 Å². The van der Waals surface area contributed by atoms with Crippen molar-refractivity contribution < 1.29 is 55.2 Å². The Hall–Kier alpha value is -4.62. The predicted molar refractivity (Wildman–Crippen MR) is 116 cm³/mol. The number of carbonyl (C=O) groups is 2. The molecule has 1 amide bonds. The third kappa shape index (κ3) is 6.34. The highest BCUT2D eigenvalue weighted by atomic mass is 19.4. The summed E-state index contributed by atoms with van der Waals surface area (Å²) in [6.07, 6.45) is -3.81. The van der Waals surface area contributed by atoms with E-state index in [1.54, 1.807) is 0 Å². The van der Waals surface area contributed by atoms with E-state index in [2.05, 4.69) is 19.8 Å². The number of nitrogens with zero attached hydrogens (tertiary/aromatic N) is 1. The molecule has 0 aliphatic carbocycles. The van der Waals surface area contributed by atoms with E-state index in [0.717, 1.165) is 51.7 Å². The molecular formula is C23H17F5N2O7. The number of amides is 1. The van der Waals surface area contributed by atoms with Crippen LogP contribution in [-0.2, 0) is 4.74 Å². The van der Waals surface area contributed by atoms with Gasteiger partial charge in [0.2, 0.25) is 5.82 Å². The van der Waals surface area contributed by atoms with Crippen LogP contribution in [0.1, 0.15) is 20.8 Å². The molecule has 0 radical (unpaired) electrons. The van der Waals surface area contributed by atoms with E-state index in [0.29, 0.717) is 0 Å². The smallest absolute Gasteiger partial charge is 0.493 e. The van der Waals surface area contributed by atoms with Crippen LogP contribution in [0, 0.1) is 11.6 Å². The summed E-state index contributed by atoms with van der Waals surface area (Å²) in [6, 6.07) is 5.98. The summed E-state index contributed by atoms with van der Waals surface area (Å²) < 4.78 is 90.8. The normalized spacial score (nSPS) is 10.9. The number of pyridine rings is 1. The van der Waals surface area contributed by atoms with Crippen molar-refractivity contribution in [3.05, 3.63) is 65.5 Å². The van der Waals surface area contributed by atoms with E-state index in [9.17, 15) is 27.2 Å². The number of ether oxygens (including phenoxy) is 5. The van der Waals surface area contributed by atoms with Crippen molar-refractivity contribution in [3.63, 3.8) is 0 Å². The van der Waals surface area contributed by atoms with Crippen molar-refractivity contribution in [1.82, 2.24) is 4.98 Å². The first-order chi connectivity index (χ1) is 17.5. The van der Waals surface area contributed by atoms with Crippen LogP contribution < -0.4 is 24.3 Å².